The summed E-state index contributed by atoms with van der Waals surface area (Å²) in [4.78, 5) is 1.68. The smallest absolute Gasteiger partial charge is 0.127 e. The van der Waals surface area contributed by atoms with Crippen molar-refractivity contribution in [2.75, 3.05) is 26.2 Å². The van der Waals surface area contributed by atoms with Crippen molar-refractivity contribution in [3.8, 4) is 0 Å². The minimum atomic E-state index is 0.852. The molecule has 1 aliphatic rings. The van der Waals surface area contributed by atoms with Crippen LogP contribution in [0.3, 0.4) is 0 Å². The molecule has 0 aliphatic carbocycles. The first kappa shape index (κ1) is 9.97. The first-order chi connectivity index (χ1) is 6.84. The molecule has 76 valence electrons. The number of hydrogen-bond donors (Lipinski definition) is 2. The summed E-state index contributed by atoms with van der Waals surface area (Å²) in [5.74, 6) is 0. The molecule has 0 spiro atoms. The molecular formula is C11H17ClN2+2. The lowest BCUT2D eigenvalue weighted by Crippen LogP contribution is -3.19. The summed E-state index contributed by atoms with van der Waals surface area (Å²) in [6.45, 7) is 6.18. The lowest BCUT2D eigenvalue weighted by atomic mass is 10.2. The van der Waals surface area contributed by atoms with Crippen molar-refractivity contribution in [1.82, 2.24) is 0 Å². The summed E-state index contributed by atoms with van der Waals surface area (Å²) < 4.78 is 0. The summed E-state index contributed by atoms with van der Waals surface area (Å²) in [6.07, 6.45) is 0. The molecule has 0 aromatic heterocycles. The van der Waals surface area contributed by atoms with E-state index in [4.69, 9.17) is 11.6 Å². The SMILES string of the molecule is Clc1cccc(C[NH+]2CC[NH2+]CC2)c1. The summed E-state index contributed by atoms with van der Waals surface area (Å²) in [5, 5.41) is 3.24. The van der Waals surface area contributed by atoms with E-state index in [0.717, 1.165) is 11.6 Å². The molecule has 1 heterocycles. The van der Waals surface area contributed by atoms with Gasteiger partial charge in [-0.05, 0) is 12.1 Å². The standard InChI is InChI=1S/C11H15ClN2/c12-11-3-1-2-10(8-11)9-14-6-4-13-5-7-14/h1-3,8,13H,4-7,9H2/p+2. The molecule has 1 aliphatic heterocycles. The summed E-state index contributed by atoms with van der Waals surface area (Å²) >= 11 is 5.95. The molecule has 2 rings (SSSR count). The number of benzene rings is 1. The highest BCUT2D eigenvalue weighted by molar-refractivity contribution is 6.30. The predicted octanol–water partition coefficient (Wildman–Crippen LogP) is -0.698. The monoisotopic (exact) mass is 212 g/mol. The van der Waals surface area contributed by atoms with Gasteiger partial charge in [-0.2, -0.15) is 0 Å². The Morgan fingerprint density at radius 1 is 1.29 bits per heavy atom. The summed E-state index contributed by atoms with van der Waals surface area (Å²) in [6, 6.07) is 8.21. The first-order valence-corrected chi connectivity index (χ1v) is 5.62. The normalized spacial score (nSPS) is 18.4. The van der Waals surface area contributed by atoms with Crippen LogP contribution >= 0.6 is 11.6 Å². The van der Waals surface area contributed by atoms with Crippen LogP contribution in [0.1, 0.15) is 5.56 Å². The lowest BCUT2D eigenvalue weighted by Gasteiger charge is -2.22. The van der Waals surface area contributed by atoms with Crippen molar-refractivity contribution >= 4 is 11.6 Å². The van der Waals surface area contributed by atoms with Crippen LogP contribution in [0.15, 0.2) is 24.3 Å². The van der Waals surface area contributed by atoms with Gasteiger partial charge in [-0.3, -0.25) is 0 Å². The van der Waals surface area contributed by atoms with Crippen molar-refractivity contribution in [3.05, 3.63) is 34.9 Å². The fourth-order valence-electron chi connectivity index (χ4n) is 1.99. The molecule has 3 N–H and O–H groups in total. The van der Waals surface area contributed by atoms with Gasteiger partial charge in [0.1, 0.15) is 32.7 Å². The van der Waals surface area contributed by atoms with Gasteiger partial charge >= 0.3 is 0 Å². The number of nitrogens with one attached hydrogen (secondary N) is 1. The van der Waals surface area contributed by atoms with Crippen LogP contribution in [0.2, 0.25) is 5.02 Å². The number of quaternary nitrogens is 2. The Morgan fingerprint density at radius 2 is 2.07 bits per heavy atom. The van der Waals surface area contributed by atoms with E-state index in [0.29, 0.717) is 0 Å². The summed E-state index contributed by atoms with van der Waals surface area (Å²) in [5.41, 5.74) is 1.36. The predicted molar refractivity (Wildman–Crippen MR) is 57.5 cm³/mol. The molecule has 0 atom stereocenters. The highest BCUT2D eigenvalue weighted by Crippen LogP contribution is 2.09. The molecule has 1 fully saturated rings. The molecule has 1 aromatic rings. The molecule has 14 heavy (non-hydrogen) atoms. The summed E-state index contributed by atoms with van der Waals surface area (Å²) in [7, 11) is 0. The fraction of sp³-hybridized carbons (Fsp3) is 0.455. The number of nitrogens with two attached hydrogens (primary N) is 1. The second-order valence-electron chi connectivity index (χ2n) is 3.92. The third kappa shape index (κ3) is 2.71. The Labute approximate surface area is 89.9 Å². The zero-order chi connectivity index (χ0) is 9.80. The van der Waals surface area contributed by atoms with E-state index < -0.39 is 0 Å². The van der Waals surface area contributed by atoms with Crippen molar-refractivity contribution < 1.29 is 10.2 Å². The maximum atomic E-state index is 5.95. The van der Waals surface area contributed by atoms with Crippen LogP contribution in [0.4, 0.5) is 0 Å². The number of halogens is 1. The number of rotatable bonds is 2. The average Bonchev–Trinajstić information content (AvgIpc) is 2.19. The maximum Gasteiger partial charge on any atom is 0.127 e. The van der Waals surface area contributed by atoms with Crippen molar-refractivity contribution in [2.24, 2.45) is 0 Å². The van der Waals surface area contributed by atoms with E-state index in [1.807, 2.05) is 12.1 Å². The van der Waals surface area contributed by atoms with Crippen LogP contribution in [-0.4, -0.2) is 26.2 Å². The molecule has 0 bridgehead atoms. The van der Waals surface area contributed by atoms with Crippen LogP contribution in [-0.2, 0) is 6.54 Å². The van der Waals surface area contributed by atoms with Crippen molar-refractivity contribution in [2.45, 2.75) is 6.54 Å². The van der Waals surface area contributed by atoms with Gasteiger partial charge in [-0.1, -0.05) is 23.7 Å². The minimum Gasteiger partial charge on any atom is -0.337 e. The van der Waals surface area contributed by atoms with Gasteiger partial charge in [0.2, 0.25) is 0 Å². The Hall–Kier alpha value is -0.570. The molecule has 0 unspecified atom stereocenters. The van der Waals surface area contributed by atoms with Crippen LogP contribution in [0.5, 0.6) is 0 Å². The van der Waals surface area contributed by atoms with Gasteiger partial charge in [0, 0.05) is 10.6 Å². The molecule has 0 amide bonds. The molecule has 0 saturated carbocycles. The van der Waals surface area contributed by atoms with E-state index in [9.17, 15) is 0 Å². The highest BCUT2D eigenvalue weighted by atomic mass is 35.5. The van der Waals surface area contributed by atoms with Crippen LogP contribution in [0.25, 0.3) is 0 Å². The first-order valence-electron chi connectivity index (χ1n) is 5.24. The fourth-order valence-corrected chi connectivity index (χ4v) is 2.21. The van der Waals surface area contributed by atoms with E-state index in [-0.39, 0.29) is 0 Å². The third-order valence-electron chi connectivity index (χ3n) is 2.75. The Kier molecular flexibility index (Phi) is 3.40. The second-order valence-corrected chi connectivity index (χ2v) is 4.36. The number of piperazine rings is 1. The van der Waals surface area contributed by atoms with Crippen molar-refractivity contribution in [1.29, 1.82) is 0 Å². The van der Waals surface area contributed by atoms with Crippen LogP contribution < -0.4 is 10.2 Å². The average molecular weight is 213 g/mol. The molecular weight excluding hydrogens is 196 g/mol. The molecule has 0 radical (unpaired) electrons. The topological polar surface area (TPSA) is 21.1 Å². The van der Waals surface area contributed by atoms with E-state index >= 15 is 0 Å². The largest absolute Gasteiger partial charge is 0.337 e. The maximum absolute atomic E-state index is 5.95. The van der Waals surface area contributed by atoms with Gasteiger partial charge in [-0.25, -0.2) is 0 Å². The van der Waals surface area contributed by atoms with Gasteiger partial charge in [0.05, 0.1) is 0 Å². The molecule has 1 saturated heterocycles. The third-order valence-corrected chi connectivity index (χ3v) is 2.98. The quantitative estimate of drug-likeness (QED) is 0.648. The minimum absolute atomic E-state index is 0.852. The number of hydrogen-bond acceptors (Lipinski definition) is 0. The highest BCUT2D eigenvalue weighted by Gasteiger charge is 2.15. The van der Waals surface area contributed by atoms with E-state index in [1.165, 1.54) is 31.7 Å². The van der Waals surface area contributed by atoms with Gasteiger partial charge in [0.25, 0.3) is 0 Å². The Balaban J connectivity index is 1.95. The van der Waals surface area contributed by atoms with E-state index in [1.54, 1.807) is 4.90 Å². The van der Waals surface area contributed by atoms with Crippen molar-refractivity contribution in [3.63, 3.8) is 0 Å². The van der Waals surface area contributed by atoms with Gasteiger partial charge in [-0.15, -0.1) is 0 Å². The van der Waals surface area contributed by atoms with Gasteiger partial charge in [0.15, 0.2) is 0 Å². The second kappa shape index (κ2) is 4.78. The Morgan fingerprint density at radius 3 is 2.79 bits per heavy atom. The van der Waals surface area contributed by atoms with E-state index in [2.05, 4.69) is 17.4 Å². The lowest BCUT2D eigenvalue weighted by molar-refractivity contribution is -0.958. The van der Waals surface area contributed by atoms with Crippen LogP contribution in [0, 0.1) is 0 Å². The zero-order valence-electron chi connectivity index (χ0n) is 8.30. The van der Waals surface area contributed by atoms with Gasteiger partial charge < -0.3 is 10.2 Å². The Bertz CT molecular complexity index is 295. The zero-order valence-corrected chi connectivity index (χ0v) is 9.06. The molecule has 3 heteroatoms. The molecule has 1 aromatic carbocycles. The molecule has 2 nitrogen and oxygen atoms in total.